The lowest BCUT2D eigenvalue weighted by atomic mass is 9.87. The van der Waals surface area contributed by atoms with Gasteiger partial charge < -0.3 is 20.7 Å². The molecule has 1 aromatic carbocycles. The number of H-pyrrole nitrogens is 1. The summed E-state index contributed by atoms with van der Waals surface area (Å²) in [5.41, 5.74) is 8.26. The van der Waals surface area contributed by atoms with E-state index in [1.807, 2.05) is 23.1 Å². The van der Waals surface area contributed by atoms with Crippen LogP contribution < -0.4 is 10.6 Å². The Bertz CT molecular complexity index is 818. The zero-order chi connectivity index (χ0) is 15.8. The number of nitrogen functional groups attached to an aromatic ring is 1. The van der Waals surface area contributed by atoms with Crippen LogP contribution >= 0.6 is 0 Å². The van der Waals surface area contributed by atoms with Crippen molar-refractivity contribution in [2.45, 2.75) is 18.4 Å². The second-order valence-corrected chi connectivity index (χ2v) is 5.83. The summed E-state index contributed by atoms with van der Waals surface area (Å²) in [6, 6.07) is 10.1. The number of imidazole rings is 1. The summed E-state index contributed by atoms with van der Waals surface area (Å²) in [6.07, 6.45) is 1.97. The van der Waals surface area contributed by atoms with Crippen LogP contribution in [0.5, 0.6) is 0 Å². The summed E-state index contributed by atoms with van der Waals surface area (Å²) in [6.45, 7) is 1.30. The van der Waals surface area contributed by atoms with E-state index in [0.717, 1.165) is 18.5 Å². The van der Waals surface area contributed by atoms with Crippen LogP contribution in [0.3, 0.4) is 0 Å². The summed E-state index contributed by atoms with van der Waals surface area (Å²) < 4.78 is 0. The smallest absolute Gasteiger partial charge is 0.224 e. The number of nitrogens with zero attached hydrogens (tertiary/aromatic N) is 4. The highest BCUT2D eigenvalue weighted by Gasteiger charge is 2.30. The largest absolute Gasteiger partial charge is 0.391 e. The maximum atomic E-state index is 10.6. The summed E-state index contributed by atoms with van der Waals surface area (Å²) in [5, 5.41) is 10.6. The van der Waals surface area contributed by atoms with Crippen molar-refractivity contribution in [2.24, 2.45) is 0 Å². The molecule has 0 spiro atoms. The molecule has 1 aliphatic rings. The molecule has 2 atom stereocenters. The molecule has 0 radical (unpaired) electrons. The Hall–Kier alpha value is -2.67. The predicted octanol–water partition coefficient (Wildman–Crippen LogP) is 1.29. The summed E-state index contributed by atoms with van der Waals surface area (Å²) in [7, 11) is 0. The van der Waals surface area contributed by atoms with Gasteiger partial charge in [-0.3, -0.25) is 0 Å². The second-order valence-electron chi connectivity index (χ2n) is 5.83. The van der Waals surface area contributed by atoms with Crippen molar-refractivity contribution in [3.8, 4) is 0 Å². The SMILES string of the molecule is Nc1nc(N2CC[C@@H](c3ccccc3)[C@H](O)C2)c2[nH]cnc2n1. The van der Waals surface area contributed by atoms with Crippen LogP contribution in [0.15, 0.2) is 36.7 Å². The molecule has 2 aromatic heterocycles. The van der Waals surface area contributed by atoms with E-state index in [2.05, 4.69) is 32.1 Å². The third-order valence-corrected chi connectivity index (χ3v) is 4.39. The first-order valence-corrected chi connectivity index (χ1v) is 7.67. The number of nitrogens with one attached hydrogen (secondary N) is 1. The number of aromatic nitrogens is 4. The van der Waals surface area contributed by atoms with E-state index < -0.39 is 6.10 Å². The third-order valence-electron chi connectivity index (χ3n) is 4.39. The zero-order valence-corrected chi connectivity index (χ0v) is 12.6. The van der Waals surface area contributed by atoms with Crippen LogP contribution in [0, 0.1) is 0 Å². The Balaban J connectivity index is 1.62. The molecule has 118 valence electrons. The molecule has 1 fully saturated rings. The number of β-amino-alcohol motifs (C(OH)–C–C–N with tert-alkyl or cyclic N) is 1. The van der Waals surface area contributed by atoms with Gasteiger partial charge >= 0.3 is 0 Å². The minimum atomic E-state index is -0.458. The monoisotopic (exact) mass is 310 g/mol. The lowest BCUT2D eigenvalue weighted by Crippen LogP contribution is -2.43. The van der Waals surface area contributed by atoms with Gasteiger partial charge in [0.05, 0.1) is 12.4 Å². The Morgan fingerprint density at radius 1 is 1.22 bits per heavy atom. The standard InChI is InChI=1S/C16H18N6O/c17-16-20-14-13(18-9-19-14)15(21-16)22-7-6-11(12(23)8-22)10-4-2-1-3-5-10/h1-5,9,11-12,23H,6-8H2,(H3,17,18,19,20,21)/t11-,12+/m0/s1. The molecule has 7 heteroatoms. The Labute approximate surface area is 133 Å². The highest BCUT2D eigenvalue weighted by Crippen LogP contribution is 2.32. The molecular formula is C16H18N6O. The number of benzene rings is 1. The first kappa shape index (κ1) is 14.0. The van der Waals surface area contributed by atoms with Gasteiger partial charge in [0.1, 0.15) is 5.52 Å². The van der Waals surface area contributed by atoms with Crippen molar-refractivity contribution >= 4 is 22.9 Å². The minimum absolute atomic E-state index is 0.142. The summed E-state index contributed by atoms with van der Waals surface area (Å²) in [4.78, 5) is 17.7. The maximum Gasteiger partial charge on any atom is 0.224 e. The van der Waals surface area contributed by atoms with Crippen LogP contribution in [0.2, 0.25) is 0 Å². The van der Waals surface area contributed by atoms with Crippen LogP contribution in [-0.4, -0.2) is 44.2 Å². The zero-order valence-electron chi connectivity index (χ0n) is 12.6. The van der Waals surface area contributed by atoms with Gasteiger partial charge in [-0.1, -0.05) is 30.3 Å². The molecule has 4 rings (SSSR count). The predicted molar refractivity (Wildman–Crippen MR) is 88.1 cm³/mol. The Morgan fingerprint density at radius 3 is 2.83 bits per heavy atom. The van der Waals surface area contributed by atoms with Gasteiger partial charge in [-0.15, -0.1) is 0 Å². The highest BCUT2D eigenvalue weighted by atomic mass is 16.3. The Morgan fingerprint density at radius 2 is 2.04 bits per heavy atom. The van der Waals surface area contributed by atoms with E-state index in [1.54, 1.807) is 6.33 Å². The molecular weight excluding hydrogens is 292 g/mol. The number of aliphatic hydroxyl groups is 1. The van der Waals surface area contributed by atoms with E-state index >= 15 is 0 Å². The molecule has 0 bridgehead atoms. The fourth-order valence-corrected chi connectivity index (χ4v) is 3.28. The van der Waals surface area contributed by atoms with E-state index in [9.17, 15) is 5.11 Å². The van der Waals surface area contributed by atoms with E-state index in [1.165, 1.54) is 5.56 Å². The van der Waals surface area contributed by atoms with Gasteiger partial charge in [-0.05, 0) is 12.0 Å². The molecule has 7 nitrogen and oxygen atoms in total. The molecule has 4 N–H and O–H groups in total. The second kappa shape index (κ2) is 5.51. The number of nitrogens with two attached hydrogens (primary N) is 1. The minimum Gasteiger partial charge on any atom is -0.391 e. The number of piperidine rings is 1. The van der Waals surface area contributed by atoms with E-state index in [-0.39, 0.29) is 11.9 Å². The molecule has 1 aliphatic heterocycles. The Kier molecular flexibility index (Phi) is 3.34. The lowest BCUT2D eigenvalue weighted by molar-refractivity contribution is 0.129. The number of hydrogen-bond donors (Lipinski definition) is 3. The highest BCUT2D eigenvalue weighted by molar-refractivity contribution is 5.84. The number of rotatable bonds is 2. The van der Waals surface area contributed by atoms with Gasteiger partial charge in [0.15, 0.2) is 11.5 Å². The van der Waals surface area contributed by atoms with Gasteiger partial charge in [0.2, 0.25) is 5.95 Å². The molecule has 1 saturated heterocycles. The molecule has 0 unspecified atom stereocenters. The van der Waals surface area contributed by atoms with Crippen molar-refractivity contribution in [2.75, 3.05) is 23.7 Å². The summed E-state index contributed by atoms with van der Waals surface area (Å²) in [5.74, 6) is 1.04. The molecule has 0 amide bonds. The van der Waals surface area contributed by atoms with Gasteiger partial charge in [-0.25, -0.2) is 4.98 Å². The van der Waals surface area contributed by atoms with Crippen LogP contribution in [-0.2, 0) is 0 Å². The van der Waals surface area contributed by atoms with Gasteiger partial charge in [-0.2, -0.15) is 9.97 Å². The molecule has 3 heterocycles. The average Bonchev–Trinajstić information content (AvgIpc) is 3.03. The van der Waals surface area contributed by atoms with E-state index in [0.29, 0.717) is 18.0 Å². The van der Waals surface area contributed by atoms with Crippen LogP contribution in [0.4, 0.5) is 11.8 Å². The molecule has 0 aliphatic carbocycles. The van der Waals surface area contributed by atoms with Crippen molar-refractivity contribution in [3.63, 3.8) is 0 Å². The fourth-order valence-electron chi connectivity index (χ4n) is 3.28. The molecule has 3 aromatic rings. The normalized spacial score (nSPS) is 21.7. The lowest BCUT2D eigenvalue weighted by Gasteiger charge is -2.37. The van der Waals surface area contributed by atoms with E-state index in [4.69, 9.17) is 5.73 Å². The van der Waals surface area contributed by atoms with Crippen LogP contribution in [0.1, 0.15) is 17.9 Å². The summed E-state index contributed by atoms with van der Waals surface area (Å²) >= 11 is 0. The number of fused-ring (bicyclic) bond motifs is 1. The maximum absolute atomic E-state index is 10.6. The first-order valence-electron chi connectivity index (χ1n) is 7.67. The fraction of sp³-hybridized carbons (Fsp3) is 0.312. The third kappa shape index (κ3) is 2.49. The average molecular weight is 310 g/mol. The van der Waals surface area contributed by atoms with Gasteiger partial charge in [0, 0.05) is 19.0 Å². The molecule has 23 heavy (non-hydrogen) atoms. The number of aliphatic hydroxyl groups excluding tert-OH is 1. The van der Waals surface area contributed by atoms with Gasteiger partial charge in [0.25, 0.3) is 0 Å². The topological polar surface area (TPSA) is 104 Å². The first-order chi connectivity index (χ1) is 11.2. The van der Waals surface area contributed by atoms with Crippen molar-refractivity contribution in [3.05, 3.63) is 42.2 Å². The van der Waals surface area contributed by atoms with Crippen LogP contribution in [0.25, 0.3) is 11.2 Å². The molecule has 0 saturated carbocycles. The quantitative estimate of drug-likeness (QED) is 0.659. The number of anilines is 2. The van der Waals surface area contributed by atoms with Crippen molar-refractivity contribution < 1.29 is 5.11 Å². The number of aromatic amines is 1. The van der Waals surface area contributed by atoms with Crippen molar-refractivity contribution in [1.82, 2.24) is 19.9 Å². The number of hydrogen-bond acceptors (Lipinski definition) is 6. The van der Waals surface area contributed by atoms with Crippen molar-refractivity contribution in [1.29, 1.82) is 0 Å².